The first-order chi connectivity index (χ1) is 17.2. The Hall–Kier alpha value is -3.41. The van der Waals surface area contributed by atoms with Crippen LogP contribution in [0.25, 0.3) is 11.3 Å². The average molecular weight is 470 g/mol. The molecule has 3 aromatic rings. The van der Waals surface area contributed by atoms with Crippen molar-refractivity contribution in [1.82, 2.24) is 9.97 Å². The van der Waals surface area contributed by atoms with Crippen LogP contribution >= 0.6 is 0 Å². The summed E-state index contributed by atoms with van der Waals surface area (Å²) >= 11 is 0. The van der Waals surface area contributed by atoms with E-state index in [9.17, 15) is 4.79 Å². The molecule has 2 aliphatic rings. The molecule has 1 aliphatic carbocycles. The van der Waals surface area contributed by atoms with Crippen LogP contribution in [0, 0.1) is 5.92 Å². The maximum atomic E-state index is 12.4. The van der Waals surface area contributed by atoms with Crippen LogP contribution < -0.4 is 15.5 Å². The molecule has 6 heteroatoms. The van der Waals surface area contributed by atoms with Gasteiger partial charge in [-0.15, -0.1) is 0 Å². The first kappa shape index (κ1) is 23.3. The minimum absolute atomic E-state index is 0.115. The highest BCUT2D eigenvalue weighted by atomic mass is 16.1. The molecule has 1 saturated carbocycles. The molecule has 2 aromatic carbocycles. The first-order valence-corrected chi connectivity index (χ1v) is 13.1. The number of benzene rings is 2. The van der Waals surface area contributed by atoms with Crippen LogP contribution in [-0.4, -0.2) is 29.0 Å². The standard InChI is InChI=1S/C29H35N5O/c35-28(21-22-7-3-1-4-8-22)31-24-11-9-23(10-12-24)27-17-18-30-29(33-27)32-25-13-15-26(16-14-25)34-19-5-2-6-20-34/h9-18,22H,1-8,19-21H2,(H,31,35)(H,30,32,33). The highest BCUT2D eigenvalue weighted by molar-refractivity contribution is 5.91. The Morgan fingerprint density at radius 3 is 2.26 bits per heavy atom. The van der Waals surface area contributed by atoms with Crippen LogP contribution in [0.5, 0.6) is 0 Å². The third-order valence-electron chi connectivity index (χ3n) is 7.16. The highest BCUT2D eigenvalue weighted by Gasteiger charge is 2.17. The molecule has 182 valence electrons. The van der Waals surface area contributed by atoms with E-state index in [1.807, 2.05) is 30.3 Å². The van der Waals surface area contributed by atoms with E-state index in [-0.39, 0.29) is 5.91 Å². The van der Waals surface area contributed by atoms with Crippen molar-refractivity contribution in [2.75, 3.05) is 28.6 Å². The molecule has 1 aliphatic heterocycles. The Kier molecular flexibility index (Phi) is 7.56. The maximum absolute atomic E-state index is 12.4. The Morgan fingerprint density at radius 1 is 0.829 bits per heavy atom. The van der Waals surface area contributed by atoms with E-state index in [0.29, 0.717) is 18.3 Å². The van der Waals surface area contributed by atoms with Gasteiger partial charge < -0.3 is 15.5 Å². The van der Waals surface area contributed by atoms with Crippen LogP contribution in [0.1, 0.15) is 57.8 Å². The van der Waals surface area contributed by atoms with Crippen molar-refractivity contribution in [1.29, 1.82) is 0 Å². The summed E-state index contributed by atoms with van der Waals surface area (Å²) in [6.45, 7) is 2.28. The van der Waals surface area contributed by atoms with Crippen molar-refractivity contribution in [3.8, 4) is 11.3 Å². The van der Waals surface area contributed by atoms with Crippen LogP contribution in [0.2, 0.25) is 0 Å². The van der Waals surface area contributed by atoms with Gasteiger partial charge in [0, 0.05) is 48.3 Å². The molecule has 2 heterocycles. The van der Waals surface area contributed by atoms with Gasteiger partial charge in [-0.2, -0.15) is 0 Å². The van der Waals surface area contributed by atoms with E-state index in [0.717, 1.165) is 35.7 Å². The molecular weight excluding hydrogens is 434 g/mol. The third kappa shape index (κ3) is 6.38. The summed E-state index contributed by atoms with van der Waals surface area (Å²) in [5, 5.41) is 6.38. The predicted octanol–water partition coefficient (Wildman–Crippen LogP) is 6.79. The number of rotatable bonds is 7. The van der Waals surface area contributed by atoms with Gasteiger partial charge in [0.2, 0.25) is 11.9 Å². The molecule has 1 saturated heterocycles. The molecule has 2 fully saturated rings. The number of nitrogens with zero attached hydrogens (tertiary/aromatic N) is 3. The minimum atomic E-state index is 0.115. The summed E-state index contributed by atoms with van der Waals surface area (Å²) in [6.07, 6.45) is 12.5. The summed E-state index contributed by atoms with van der Waals surface area (Å²) in [7, 11) is 0. The summed E-state index contributed by atoms with van der Waals surface area (Å²) in [6, 6.07) is 18.3. The largest absolute Gasteiger partial charge is 0.372 e. The smallest absolute Gasteiger partial charge is 0.227 e. The molecule has 0 bridgehead atoms. The molecule has 35 heavy (non-hydrogen) atoms. The predicted molar refractivity (Wildman–Crippen MR) is 143 cm³/mol. The lowest BCUT2D eigenvalue weighted by Gasteiger charge is -2.28. The fourth-order valence-electron chi connectivity index (χ4n) is 5.21. The molecule has 0 spiro atoms. The molecule has 1 aromatic heterocycles. The molecule has 6 nitrogen and oxygen atoms in total. The zero-order valence-corrected chi connectivity index (χ0v) is 20.4. The number of anilines is 4. The molecular formula is C29H35N5O. The number of aromatic nitrogens is 2. The second-order valence-corrected chi connectivity index (χ2v) is 9.82. The van der Waals surface area contributed by atoms with Gasteiger partial charge in [0.05, 0.1) is 5.69 Å². The molecule has 5 rings (SSSR count). The molecule has 2 N–H and O–H groups in total. The maximum Gasteiger partial charge on any atom is 0.227 e. The van der Waals surface area contributed by atoms with Gasteiger partial charge in [-0.05, 0) is 80.5 Å². The fourth-order valence-corrected chi connectivity index (χ4v) is 5.21. The van der Waals surface area contributed by atoms with Gasteiger partial charge in [0.15, 0.2) is 0 Å². The van der Waals surface area contributed by atoms with Crippen molar-refractivity contribution in [2.24, 2.45) is 5.92 Å². The minimum Gasteiger partial charge on any atom is -0.372 e. The Balaban J connectivity index is 1.18. The quantitative estimate of drug-likeness (QED) is 0.399. The van der Waals surface area contributed by atoms with Crippen LogP contribution in [-0.2, 0) is 4.79 Å². The Morgan fingerprint density at radius 2 is 1.51 bits per heavy atom. The third-order valence-corrected chi connectivity index (χ3v) is 7.16. The zero-order chi connectivity index (χ0) is 23.9. The van der Waals surface area contributed by atoms with Crippen LogP contribution in [0.4, 0.5) is 23.0 Å². The van der Waals surface area contributed by atoms with E-state index in [1.165, 1.54) is 57.1 Å². The van der Waals surface area contributed by atoms with Crippen molar-refractivity contribution < 1.29 is 4.79 Å². The Labute approximate surface area is 208 Å². The SMILES string of the molecule is O=C(CC1CCCCC1)Nc1ccc(-c2ccnc(Nc3ccc(N4CCCCC4)cc3)n2)cc1. The lowest BCUT2D eigenvalue weighted by atomic mass is 9.87. The zero-order valence-electron chi connectivity index (χ0n) is 20.4. The van der Waals surface area contributed by atoms with Crippen LogP contribution in [0.15, 0.2) is 60.8 Å². The number of hydrogen-bond donors (Lipinski definition) is 2. The van der Waals surface area contributed by atoms with Crippen LogP contribution in [0.3, 0.4) is 0 Å². The normalized spacial score (nSPS) is 16.6. The van der Waals surface area contributed by atoms with Gasteiger partial charge in [0.25, 0.3) is 0 Å². The molecule has 0 atom stereocenters. The first-order valence-electron chi connectivity index (χ1n) is 13.1. The number of carbonyl (C=O) groups excluding carboxylic acids is 1. The van der Waals surface area contributed by atoms with Crippen molar-refractivity contribution in [3.05, 3.63) is 60.8 Å². The van der Waals surface area contributed by atoms with Crippen molar-refractivity contribution in [3.63, 3.8) is 0 Å². The van der Waals surface area contributed by atoms with E-state index >= 15 is 0 Å². The number of piperidine rings is 1. The fraction of sp³-hybridized carbons (Fsp3) is 0.414. The number of nitrogens with one attached hydrogen (secondary N) is 2. The molecule has 0 radical (unpaired) electrons. The van der Waals surface area contributed by atoms with Crippen molar-refractivity contribution >= 4 is 28.9 Å². The van der Waals surface area contributed by atoms with Gasteiger partial charge in [0.1, 0.15) is 0 Å². The summed E-state index contributed by atoms with van der Waals surface area (Å²) < 4.78 is 0. The van der Waals surface area contributed by atoms with Gasteiger partial charge in [-0.25, -0.2) is 9.97 Å². The van der Waals surface area contributed by atoms with E-state index in [4.69, 9.17) is 4.98 Å². The average Bonchev–Trinajstić information content (AvgIpc) is 2.91. The van der Waals surface area contributed by atoms with E-state index < -0.39 is 0 Å². The lowest BCUT2D eigenvalue weighted by Crippen LogP contribution is -2.29. The van der Waals surface area contributed by atoms with Gasteiger partial charge in [-0.3, -0.25) is 4.79 Å². The second-order valence-electron chi connectivity index (χ2n) is 9.82. The highest BCUT2D eigenvalue weighted by Crippen LogP contribution is 2.27. The summed E-state index contributed by atoms with van der Waals surface area (Å²) in [5.41, 5.74) is 4.90. The number of hydrogen-bond acceptors (Lipinski definition) is 5. The second kappa shape index (κ2) is 11.3. The number of amides is 1. The van der Waals surface area contributed by atoms with E-state index in [1.54, 1.807) is 6.20 Å². The Bertz CT molecular complexity index is 1100. The summed E-state index contributed by atoms with van der Waals surface area (Å²) in [4.78, 5) is 24.0. The molecule has 0 unspecified atom stereocenters. The van der Waals surface area contributed by atoms with Crippen molar-refractivity contribution in [2.45, 2.75) is 57.8 Å². The van der Waals surface area contributed by atoms with Gasteiger partial charge in [-0.1, -0.05) is 31.4 Å². The topological polar surface area (TPSA) is 70.2 Å². The van der Waals surface area contributed by atoms with E-state index in [2.05, 4.69) is 44.8 Å². The lowest BCUT2D eigenvalue weighted by molar-refractivity contribution is -0.117. The molecule has 1 amide bonds. The monoisotopic (exact) mass is 469 g/mol. The van der Waals surface area contributed by atoms with Gasteiger partial charge >= 0.3 is 0 Å². The number of carbonyl (C=O) groups is 1. The summed E-state index contributed by atoms with van der Waals surface area (Å²) in [5.74, 6) is 1.22.